The number of nitrogens with zero attached hydrogens (tertiary/aromatic N) is 1. The minimum Gasteiger partial charge on any atom is -0.406 e. The molecule has 3 N–H and O–H groups in total. The molecule has 2 aromatic heterocycles. The number of hydrogen-bond donors (Lipinski definition) is 3. The summed E-state index contributed by atoms with van der Waals surface area (Å²) in [5.74, 6) is -0.437. The third-order valence-electron chi connectivity index (χ3n) is 4.09. The van der Waals surface area contributed by atoms with Crippen LogP contribution in [0.15, 0.2) is 40.2 Å². The van der Waals surface area contributed by atoms with Gasteiger partial charge >= 0.3 is 6.36 Å². The molecular weight excluding hydrogens is 401 g/mol. The summed E-state index contributed by atoms with van der Waals surface area (Å²) in [4.78, 5) is 37.0. The third kappa shape index (κ3) is 5.07. The average Bonchev–Trinajstić information content (AvgIpc) is 3.07. The molecule has 2 heterocycles. The number of ether oxygens (including phenoxy) is 1. The van der Waals surface area contributed by atoms with E-state index in [-0.39, 0.29) is 21.7 Å². The molecule has 0 fully saturated rings. The molecule has 3 aromatic rings. The number of aromatic amines is 3. The number of imidazole rings is 1. The molecule has 0 saturated carbocycles. The lowest BCUT2D eigenvalue weighted by Crippen LogP contribution is -2.46. The van der Waals surface area contributed by atoms with Gasteiger partial charge in [-0.2, -0.15) is 0 Å². The standard InChI is InChI=1S/C20H19F3N4O3/c1-19(2,3)16-13(24-10-25-16)9-15-18(29)26-14(17(28)27-15)8-11-5-4-6-12(7-11)30-20(21,22)23/h4-10H,1-3H3,(H,24,25)(H,26,29)(H,27,28). The van der Waals surface area contributed by atoms with Crippen molar-refractivity contribution in [2.24, 2.45) is 0 Å². The van der Waals surface area contributed by atoms with Crippen molar-refractivity contribution in [1.29, 1.82) is 0 Å². The predicted octanol–water partition coefficient (Wildman–Crippen LogP) is 1.64. The smallest absolute Gasteiger partial charge is 0.406 e. The Morgan fingerprint density at radius 1 is 1.00 bits per heavy atom. The molecule has 1 aromatic carbocycles. The molecule has 0 radical (unpaired) electrons. The first-order valence-electron chi connectivity index (χ1n) is 8.88. The summed E-state index contributed by atoms with van der Waals surface area (Å²) >= 11 is 0. The number of H-pyrrole nitrogens is 3. The van der Waals surface area contributed by atoms with E-state index >= 15 is 0 Å². The normalized spacial score (nSPS) is 13.7. The largest absolute Gasteiger partial charge is 0.573 e. The highest BCUT2D eigenvalue weighted by Crippen LogP contribution is 2.24. The van der Waals surface area contributed by atoms with Crippen LogP contribution in [0.4, 0.5) is 13.2 Å². The van der Waals surface area contributed by atoms with Gasteiger partial charge in [0.2, 0.25) is 0 Å². The van der Waals surface area contributed by atoms with Gasteiger partial charge < -0.3 is 19.7 Å². The molecule has 0 aliphatic rings. The maximum atomic E-state index is 12.4. The first-order chi connectivity index (χ1) is 13.9. The van der Waals surface area contributed by atoms with Gasteiger partial charge in [-0.1, -0.05) is 32.9 Å². The summed E-state index contributed by atoms with van der Waals surface area (Å²) in [7, 11) is 0. The van der Waals surface area contributed by atoms with Crippen LogP contribution in [-0.2, 0) is 5.41 Å². The van der Waals surface area contributed by atoms with Gasteiger partial charge in [-0.25, -0.2) is 4.98 Å². The Morgan fingerprint density at radius 3 is 2.23 bits per heavy atom. The Morgan fingerprint density at radius 2 is 1.63 bits per heavy atom. The molecule has 0 bridgehead atoms. The quantitative estimate of drug-likeness (QED) is 0.599. The molecular formula is C20H19F3N4O3. The van der Waals surface area contributed by atoms with E-state index in [9.17, 15) is 22.8 Å². The van der Waals surface area contributed by atoms with Crippen molar-refractivity contribution < 1.29 is 17.9 Å². The van der Waals surface area contributed by atoms with E-state index in [0.717, 1.165) is 17.8 Å². The van der Waals surface area contributed by atoms with E-state index < -0.39 is 23.2 Å². The van der Waals surface area contributed by atoms with Crippen molar-refractivity contribution in [2.45, 2.75) is 32.5 Å². The van der Waals surface area contributed by atoms with E-state index in [1.165, 1.54) is 30.6 Å². The lowest BCUT2D eigenvalue weighted by Gasteiger charge is -2.16. The van der Waals surface area contributed by atoms with Crippen LogP contribution >= 0.6 is 0 Å². The van der Waals surface area contributed by atoms with Crippen LogP contribution in [0.25, 0.3) is 12.2 Å². The minimum absolute atomic E-state index is 0.00362. The van der Waals surface area contributed by atoms with Crippen molar-refractivity contribution in [2.75, 3.05) is 0 Å². The maximum Gasteiger partial charge on any atom is 0.573 e. The van der Waals surface area contributed by atoms with Crippen molar-refractivity contribution in [3.8, 4) is 5.75 Å². The lowest BCUT2D eigenvalue weighted by molar-refractivity contribution is -0.274. The van der Waals surface area contributed by atoms with E-state index in [1.54, 1.807) is 0 Å². The molecule has 0 spiro atoms. The van der Waals surface area contributed by atoms with Crippen LogP contribution in [-0.4, -0.2) is 26.3 Å². The Balaban J connectivity index is 2.05. The van der Waals surface area contributed by atoms with Crippen LogP contribution in [0.1, 0.15) is 37.7 Å². The van der Waals surface area contributed by atoms with Gasteiger partial charge in [0.25, 0.3) is 11.1 Å². The molecule has 10 heteroatoms. The molecule has 0 unspecified atom stereocenters. The highest BCUT2D eigenvalue weighted by molar-refractivity contribution is 5.51. The van der Waals surface area contributed by atoms with E-state index in [4.69, 9.17) is 0 Å². The van der Waals surface area contributed by atoms with Crippen LogP contribution < -0.4 is 26.6 Å². The minimum atomic E-state index is -4.83. The Hall–Kier alpha value is -3.56. The van der Waals surface area contributed by atoms with Crippen molar-refractivity contribution in [3.05, 3.63) is 78.9 Å². The van der Waals surface area contributed by atoms with Gasteiger partial charge in [0.1, 0.15) is 16.4 Å². The second-order valence-corrected chi connectivity index (χ2v) is 7.56. The topological polar surface area (TPSA) is 104 Å². The fourth-order valence-corrected chi connectivity index (χ4v) is 2.82. The van der Waals surface area contributed by atoms with Crippen molar-refractivity contribution in [3.63, 3.8) is 0 Å². The number of benzene rings is 1. The number of nitrogens with one attached hydrogen (secondary N) is 3. The van der Waals surface area contributed by atoms with Gasteiger partial charge in [0.05, 0.1) is 12.0 Å². The zero-order valence-electron chi connectivity index (χ0n) is 16.3. The monoisotopic (exact) mass is 420 g/mol. The van der Waals surface area contributed by atoms with Crippen molar-refractivity contribution >= 4 is 12.2 Å². The fraction of sp³-hybridized carbons (Fsp3) is 0.250. The molecule has 0 aliphatic carbocycles. The first kappa shape index (κ1) is 21.2. The van der Waals surface area contributed by atoms with Crippen molar-refractivity contribution in [1.82, 2.24) is 19.9 Å². The first-order valence-corrected chi connectivity index (χ1v) is 8.88. The van der Waals surface area contributed by atoms with Crippen LogP contribution in [0.5, 0.6) is 5.75 Å². The van der Waals surface area contributed by atoms with E-state index in [2.05, 4.69) is 24.7 Å². The second-order valence-electron chi connectivity index (χ2n) is 7.56. The molecule has 0 atom stereocenters. The Bertz CT molecular complexity index is 1290. The molecule has 0 saturated heterocycles. The zero-order chi connectivity index (χ0) is 22.1. The van der Waals surface area contributed by atoms with Gasteiger partial charge in [-0.15, -0.1) is 13.2 Å². The molecule has 7 nitrogen and oxygen atoms in total. The maximum absolute atomic E-state index is 12.4. The number of rotatable bonds is 3. The molecule has 0 aliphatic heterocycles. The Labute approximate surface area is 168 Å². The molecule has 3 rings (SSSR count). The van der Waals surface area contributed by atoms with Crippen LogP contribution in [0.2, 0.25) is 0 Å². The zero-order valence-corrected chi connectivity index (χ0v) is 16.3. The summed E-state index contributed by atoms with van der Waals surface area (Å²) < 4.78 is 41.0. The Kier molecular flexibility index (Phi) is 5.43. The van der Waals surface area contributed by atoms with Gasteiger partial charge in [0.15, 0.2) is 0 Å². The van der Waals surface area contributed by atoms with Crippen LogP contribution in [0.3, 0.4) is 0 Å². The molecule has 0 amide bonds. The highest BCUT2D eigenvalue weighted by Gasteiger charge is 2.31. The number of hydrogen-bond acceptors (Lipinski definition) is 4. The summed E-state index contributed by atoms with van der Waals surface area (Å²) in [5, 5.41) is -0.108. The van der Waals surface area contributed by atoms with Gasteiger partial charge in [-0.05, 0) is 29.8 Å². The average molecular weight is 420 g/mol. The summed E-state index contributed by atoms with van der Waals surface area (Å²) in [6, 6.07) is 5.05. The SMILES string of the molecule is CC(C)(C)c1[nH]cnc1C=c1[nH]c(=O)c(=Cc2cccc(OC(F)(F)F)c2)[nH]c1=O. The molecule has 158 valence electrons. The molecule has 30 heavy (non-hydrogen) atoms. The lowest BCUT2D eigenvalue weighted by atomic mass is 9.90. The number of aromatic nitrogens is 4. The summed E-state index contributed by atoms with van der Waals surface area (Å²) in [6.07, 6.45) is -0.627. The van der Waals surface area contributed by atoms with Gasteiger partial charge in [0, 0.05) is 11.1 Å². The van der Waals surface area contributed by atoms with Gasteiger partial charge in [-0.3, -0.25) is 9.59 Å². The number of halogens is 3. The van der Waals surface area contributed by atoms with Crippen LogP contribution in [0, 0.1) is 0 Å². The number of alkyl halides is 3. The van der Waals surface area contributed by atoms with E-state index in [1.807, 2.05) is 20.8 Å². The predicted molar refractivity (Wildman–Crippen MR) is 104 cm³/mol. The summed E-state index contributed by atoms with van der Waals surface area (Å²) in [6.45, 7) is 5.92. The summed E-state index contributed by atoms with van der Waals surface area (Å²) in [5.41, 5.74) is 0.100. The third-order valence-corrected chi connectivity index (χ3v) is 4.09. The van der Waals surface area contributed by atoms with E-state index in [0.29, 0.717) is 5.69 Å². The fourth-order valence-electron chi connectivity index (χ4n) is 2.82. The highest BCUT2D eigenvalue weighted by atomic mass is 19.4. The second kappa shape index (κ2) is 7.69.